The van der Waals surface area contributed by atoms with Crippen LogP contribution in [-0.2, 0) is 0 Å². The SMILES string of the molecule is CCC1(CNCNC)CCCC1. The molecule has 0 bridgehead atoms. The lowest BCUT2D eigenvalue weighted by atomic mass is 9.83. The van der Waals surface area contributed by atoms with Crippen LogP contribution in [-0.4, -0.2) is 20.3 Å². The zero-order valence-corrected chi connectivity index (χ0v) is 8.45. The molecule has 0 aromatic heterocycles. The van der Waals surface area contributed by atoms with E-state index < -0.39 is 0 Å². The van der Waals surface area contributed by atoms with Crippen molar-refractivity contribution in [2.45, 2.75) is 39.0 Å². The molecule has 72 valence electrons. The van der Waals surface area contributed by atoms with Crippen LogP contribution in [0.4, 0.5) is 0 Å². The van der Waals surface area contributed by atoms with E-state index in [1.807, 2.05) is 7.05 Å². The highest BCUT2D eigenvalue weighted by Gasteiger charge is 2.30. The first-order valence-electron chi connectivity index (χ1n) is 5.18. The Kier molecular flexibility index (Phi) is 4.02. The summed E-state index contributed by atoms with van der Waals surface area (Å²) in [6.07, 6.45) is 7.08. The van der Waals surface area contributed by atoms with Crippen LogP contribution in [0.3, 0.4) is 0 Å². The number of nitrogens with one attached hydrogen (secondary N) is 2. The monoisotopic (exact) mass is 170 g/mol. The summed E-state index contributed by atoms with van der Waals surface area (Å²) in [5.74, 6) is 0. The van der Waals surface area contributed by atoms with Gasteiger partial charge in [0.2, 0.25) is 0 Å². The molecule has 0 aromatic rings. The Bertz CT molecular complexity index is 117. The first kappa shape index (κ1) is 10.0. The number of hydrogen-bond acceptors (Lipinski definition) is 2. The number of rotatable bonds is 5. The van der Waals surface area contributed by atoms with Crippen LogP contribution >= 0.6 is 0 Å². The third kappa shape index (κ3) is 2.46. The molecule has 1 saturated carbocycles. The van der Waals surface area contributed by atoms with E-state index in [0.29, 0.717) is 5.41 Å². The van der Waals surface area contributed by atoms with Crippen molar-refractivity contribution < 1.29 is 0 Å². The Balaban J connectivity index is 2.24. The Labute approximate surface area is 76.1 Å². The van der Waals surface area contributed by atoms with E-state index in [1.165, 1.54) is 38.6 Å². The Morgan fingerprint density at radius 2 is 1.92 bits per heavy atom. The zero-order chi connectivity index (χ0) is 8.86. The Morgan fingerprint density at radius 3 is 2.42 bits per heavy atom. The fourth-order valence-electron chi connectivity index (χ4n) is 2.23. The van der Waals surface area contributed by atoms with Gasteiger partial charge in [-0.15, -0.1) is 0 Å². The van der Waals surface area contributed by atoms with Crippen molar-refractivity contribution in [1.82, 2.24) is 10.6 Å². The molecule has 2 nitrogen and oxygen atoms in total. The van der Waals surface area contributed by atoms with Crippen molar-refractivity contribution in [2.75, 3.05) is 20.3 Å². The molecule has 2 N–H and O–H groups in total. The van der Waals surface area contributed by atoms with Crippen LogP contribution in [0, 0.1) is 5.41 Å². The Hall–Kier alpha value is -0.0800. The van der Waals surface area contributed by atoms with Gasteiger partial charge in [0.15, 0.2) is 0 Å². The molecule has 0 spiro atoms. The highest BCUT2D eigenvalue weighted by atomic mass is 15.0. The fourth-order valence-corrected chi connectivity index (χ4v) is 2.23. The lowest BCUT2D eigenvalue weighted by Gasteiger charge is -2.27. The predicted octanol–water partition coefficient (Wildman–Crippen LogP) is 1.72. The molecule has 1 aliphatic carbocycles. The van der Waals surface area contributed by atoms with Crippen molar-refractivity contribution in [3.8, 4) is 0 Å². The topological polar surface area (TPSA) is 24.1 Å². The van der Waals surface area contributed by atoms with E-state index in [1.54, 1.807) is 0 Å². The molecule has 1 aliphatic rings. The lowest BCUT2D eigenvalue weighted by Crippen LogP contribution is -2.36. The summed E-state index contributed by atoms with van der Waals surface area (Å²) in [4.78, 5) is 0. The second kappa shape index (κ2) is 4.83. The quantitative estimate of drug-likeness (QED) is 0.485. The maximum absolute atomic E-state index is 3.46. The van der Waals surface area contributed by atoms with Gasteiger partial charge in [-0.1, -0.05) is 19.8 Å². The van der Waals surface area contributed by atoms with E-state index in [-0.39, 0.29) is 0 Å². The summed E-state index contributed by atoms with van der Waals surface area (Å²) < 4.78 is 0. The van der Waals surface area contributed by atoms with Crippen molar-refractivity contribution >= 4 is 0 Å². The predicted molar refractivity (Wildman–Crippen MR) is 53.1 cm³/mol. The van der Waals surface area contributed by atoms with E-state index >= 15 is 0 Å². The average Bonchev–Trinajstić information content (AvgIpc) is 2.55. The first-order chi connectivity index (χ1) is 5.83. The zero-order valence-electron chi connectivity index (χ0n) is 8.45. The van der Waals surface area contributed by atoms with Gasteiger partial charge in [0.25, 0.3) is 0 Å². The maximum Gasteiger partial charge on any atom is 0.0451 e. The van der Waals surface area contributed by atoms with Gasteiger partial charge in [-0.05, 0) is 31.7 Å². The van der Waals surface area contributed by atoms with E-state index in [2.05, 4.69) is 17.6 Å². The molecule has 0 atom stereocenters. The summed E-state index contributed by atoms with van der Waals surface area (Å²) in [7, 11) is 1.99. The first-order valence-corrected chi connectivity index (χ1v) is 5.18. The van der Waals surface area contributed by atoms with Gasteiger partial charge in [-0.25, -0.2) is 0 Å². The molecule has 0 unspecified atom stereocenters. The van der Waals surface area contributed by atoms with Crippen LogP contribution in [0.5, 0.6) is 0 Å². The summed E-state index contributed by atoms with van der Waals surface area (Å²) in [6, 6.07) is 0. The van der Waals surface area contributed by atoms with Crippen molar-refractivity contribution in [2.24, 2.45) is 5.41 Å². The van der Waals surface area contributed by atoms with Gasteiger partial charge in [0.05, 0.1) is 0 Å². The van der Waals surface area contributed by atoms with Crippen molar-refractivity contribution in [3.63, 3.8) is 0 Å². The second-order valence-electron chi connectivity index (χ2n) is 4.02. The smallest absolute Gasteiger partial charge is 0.0451 e. The minimum absolute atomic E-state index is 0.636. The summed E-state index contributed by atoms with van der Waals surface area (Å²) >= 11 is 0. The third-order valence-electron chi connectivity index (χ3n) is 3.22. The average molecular weight is 170 g/mol. The van der Waals surface area contributed by atoms with Crippen LogP contribution < -0.4 is 10.6 Å². The molecule has 1 fully saturated rings. The molecule has 0 saturated heterocycles. The minimum atomic E-state index is 0.636. The minimum Gasteiger partial charge on any atom is -0.308 e. The molecule has 0 heterocycles. The van der Waals surface area contributed by atoms with Gasteiger partial charge >= 0.3 is 0 Å². The maximum atomic E-state index is 3.46. The van der Waals surface area contributed by atoms with Gasteiger partial charge in [0.1, 0.15) is 0 Å². The molecule has 12 heavy (non-hydrogen) atoms. The van der Waals surface area contributed by atoms with Crippen LogP contribution in [0.15, 0.2) is 0 Å². The van der Waals surface area contributed by atoms with Crippen LogP contribution in [0.1, 0.15) is 39.0 Å². The largest absolute Gasteiger partial charge is 0.308 e. The summed E-state index contributed by atoms with van der Waals surface area (Å²) in [6.45, 7) is 4.47. The van der Waals surface area contributed by atoms with E-state index in [4.69, 9.17) is 0 Å². The second-order valence-corrected chi connectivity index (χ2v) is 4.02. The summed E-state index contributed by atoms with van der Waals surface area (Å²) in [5.41, 5.74) is 0.636. The molecule has 2 heteroatoms. The van der Waals surface area contributed by atoms with Crippen LogP contribution in [0.25, 0.3) is 0 Å². The molecular weight excluding hydrogens is 148 g/mol. The van der Waals surface area contributed by atoms with Crippen molar-refractivity contribution in [3.05, 3.63) is 0 Å². The molecule has 0 amide bonds. The van der Waals surface area contributed by atoms with Crippen LogP contribution in [0.2, 0.25) is 0 Å². The molecule has 0 radical (unpaired) electrons. The molecule has 0 aliphatic heterocycles. The van der Waals surface area contributed by atoms with E-state index in [9.17, 15) is 0 Å². The fraction of sp³-hybridized carbons (Fsp3) is 1.00. The highest BCUT2D eigenvalue weighted by Crippen LogP contribution is 2.40. The standard InChI is InChI=1S/C10H22N2/c1-3-10(6-4-5-7-10)8-12-9-11-2/h11-12H,3-9H2,1-2H3. The van der Waals surface area contributed by atoms with Gasteiger partial charge in [-0.2, -0.15) is 0 Å². The van der Waals surface area contributed by atoms with Gasteiger partial charge in [0, 0.05) is 13.2 Å². The summed E-state index contributed by atoms with van der Waals surface area (Å²) in [5, 5.41) is 6.58. The number of hydrogen-bond donors (Lipinski definition) is 2. The molecule has 0 aromatic carbocycles. The third-order valence-corrected chi connectivity index (χ3v) is 3.22. The lowest BCUT2D eigenvalue weighted by molar-refractivity contribution is 0.267. The highest BCUT2D eigenvalue weighted by molar-refractivity contribution is 4.85. The molecule has 1 rings (SSSR count). The van der Waals surface area contributed by atoms with E-state index in [0.717, 1.165) is 6.67 Å². The van der Waals surface area contributed by atoms with Crippen molar-refractivity contribution in [1.29, 1.82) is 0 Å². The molecular formula is C10H22N2. The Morgan fingerprint density at radius 1 is 1.25 bits per heavy atom. The van der Waals surface area contributed by atoms with Gasteiger partial charge in [-0.3, -0.25) is 0 Å². The van der Waals surface area contributed by atoms with Gasteiger partial charge < -0.3 is 10.6 Å². The normalized spacial score (nSPS) is 21.5.